The van der Waals surface area contributed by atoms with E-state index in [9.17, 15) is 4.79 Å². The number of hydrogen-bond donors (Lipinski definition) is 1. The maximum atomic E-state index is 11.5. The number of methoxy groups -OCH3 is 2. The number of esters is 1. The van der Waals surface area contributed by atoms with Gasteiger partial charge < -0.3 is 19.9 Å². The van der Waals surface area contributed by atoms with E-state index in [-0.39, 0.29) is 0 Å². The number of carbonyl (C=O) groups is 1. The first-order valence-electron chi connectivity index (χ1n) is 7.33. The van der Waals surface area contributed by atoms with Crippen LogP contribution in [0.25, 0.3) is 0 Å². The average Bonchev–Trinajstić information content (AvgIpc) is 2.91. The lowest BCUT2D eigenvalue weighted by molar-refractivity contribution is -0.147. The Labute approximate surface area is 153 Å². The predicted molar refractivity (Wildman–Crippen MR) is 97.2 cm³/mol. The number of imidazole rings is 1. The van der Waals surface area contributed by atoms with Crippen LogP contribution in [-0.4, -0.2) is 42.2 Å². The van der Waals surface area contributed by atoms with E-state index in [1.807, 2.05) is 6.92 Å². The molecule has 0 fully saturated rings. The Balaban J connectivity index is 2.29. The van der Waals surface area contributed by atoms with Gasteiger partial charge in [0.05, 0.1) is 36.8 Å². The molecule has 0 saturated carbocycles. The summed E-state index contributed by atoms with van der Waals surface area (Å²) in [5.41, 5.74) is 7.27. The van der Waals surface area contributed by atoms with Gasteiger partial charge in [-0.3, -0.25) is 0 Å². The minimum absolute atomic E-state index is 0.298. The summed E-state index contributed by atoms with van der Waals surface area (Å²) in [6.45, 7) is 3.42. The molecule has 134 valence electrons. The van der Waals surface area contributed by atoms with E-state index < -0.39 is 12.1 Å². The van der Waals surface area contributed by atoms with Crippen molar-refractivity contribution < 1.29 is 19.0 Å². The van der Waals surface area contributed by atoms with Gasteiger partial charge in [0.1, 0.15) is 0 Å². The zero-order valence-corrected chi connectivity index (χ0v) is 15.9. The molecule has 25 heavy (non-hydrogen) atoms. The lowest BCUT2D eigenvalue weighted by Crippen LogP contribution is -2.25. The highest BCUT2D eigenvalue weighted by Crippen LogP contribution is 2.37. The number of nitrogens with two attached hydrogens (primary N) is 1. The van der Waals surface area contributed by atoms with Crippen molar-refractivity contribution >= 4 is 34.1 Å². The maximum Gasteiger partial charge on any atom is 0.346 e. The quantitative estimate of drug-likeness (QED) is 0.579. The number of nitrogens with zero attached hydrogens (tertiary/aromatic N) is 3. The Morgan fingerprint density at radius 1 is 1.44 bits per heavy atom. The SMILES string of the molecule is COC(=O)C(C)Oc1c(Br)cc(C=Nn2cc(C)nc2N)cc1OC. The summed E-state index contributed by atoms with van der Waals surface area (Å²) in [6, 6.07) is 3.51. The van der Waals surface area contributed by atoms with Crippen LogP contribution < -0.4 is 15.2 Å². The number of benzene rings is 1. The molecule has 2 rings (SSSR count). The molecule has 0 aliphatic heterocycles. The third kappa shape index (κ3) is 4.50. The van der Waals surface area contributed by atoms with E-state index in [4.69, 9.17) is 15.2 Å². The standard InChI is InChI=1S/C16H19BrN4O4/c1-9-8-21(16(18)20-9)19-7-11-5-12(17)14(13(6-11)23-3)25-10(2)15(22)24-4/h5-8,10H,1-4H3,(H2,18,20). The van der Waals surface area contributed by atoms with E-state index in [1.54, 1.807) is 31.5 Å². The van der Waals surface area contributed by atoms with Gasteiger partial charge in [-0.25, -0.2) is 14.5 Å². The van der Waals surface area contributed by atoms with E-state index >= 15 is 0 Å². The van der Waals surface area contributed by atoms with Crippen molar-refractivity contribution in [3.63, 3.8) is 0 Å². The summed E-state index contributed by atoms with van der Waals surface area (Å²) < 4.78 is 17.7. The molecule has 0 bridgehead atoms. The van der Waals surface area contributed by atoms with Gasteiger partial charge in [-0.1, -0.05) is 0 Å². The van der Waals surface area contributed by atoms with Crippen molar-refractivity contribution in [1.29, 1.82) is 0 Å². The van der Waals surface area contributed by atoms with Crippen LogP contribution in [0, 0.1) is 6.92 Å². The molecule has 0 spiro atoms. The van der Waals surface area contributed by atoms with Gasteiger partial charge in [0.25, 0.3) is 0 Å². The second-order valence-corrected chi connectivity index (χ2v) is 6.00. The number of hydrogen-bond acceptors (Lipinski definition) is 7. The lowest BCUT2D eigenvalue weighted by Gasteiger charge is -2.17. The maximum absolute atomic E-state index is 11.5. The molecule has 1 atom stereocenters. The Hall–Kier alpha value is -2.55. The van der Waals surface area contributed by atoms with E-state index in [0.717, 1.165) is 11.3 Å². The van der Waals surface area contributed by atoms with Crippen LogP contribution in [0.2, 0.25) is 0 Å². The highest BCUT2D eigenvalue weighted by Gasteiger charge is 2.20. The molecular formula is C16H19BrN4O4. The Kier molecular flexibility index (Phi) is 6.02. The molecular weight excluding hydrogens is 392 g/mol. The molecule has 9 heteroatoms. The molecule has 0 saturated heterocycles. The number of nitrogen functional groups attached to an aromatic ring is 1. The first kappa shape index (κ1) is 18.8. The second-order valence-electron chi connectivity index (χ2n) is 5.15. The molecule has 2 aromatic rings. The number of carbonyl (C=O) groups excluding carboxylic acids is 1. The summed E-state index contributed by atoms with van der Waals surface area (Å²) in [4.78, 5) is 15.6. The Bertz CT molecular complexity index is 804. The molecule has 0 amide bonds. The van der Waals surface area contributed by atoms with Gasteiger partial charge in [0.15, 0.2) is 17.6 Å². The normalized spacial score (nSPS) is 12.2. The topological polar surface area (TPSA) is 101 Å². The molecule has 8 nitrogen and oxygen atoms in total. The van der Waals surface area contributed by atoms with Crippen LogP contribution in [-0.2, 0) is 9.53 Å². The number of aromatic nitrogens is 2. The molecule has 2 N–H and O–H groups in total. The van der Waals surface area contributed by atoms with E-state index in [2.05, 4.69) is 30.8 Å². The Morgan fingerprint density at radius 3 is 2.72 bits per heavy atom. The minimum Gasteiger partial charge on any atom is -0.493 e. The first-order valence-corrected chi connectivity index (χ1v) is 8.12. The van der Waals surface area contributed by atoms with Crippen LogP contribution in [0.5, 0.6) is 11.5 Å². The molecule has 0 radical (unpaired) electrons. The highest BCUT2D eigenvalue weighted by molar-refractivity contribution is 9.10. The second kappa shape index (κ2) is 8.02. The minimum atomic E-state index is -0.775. The third-order valence-electron chi connectivity index (χ3n) is 3.25. The van der Waals surface area contributed by atoms with Gasteiger partial charge >= 0.3 is 5.97 Å². The van der Waals surface area contributed by atoms with E-state index in [0.29, 0.717) is 21.9 Å². The number of aryl methyl sites for hydroxylation is 1. The zero-order chi connectivity index (χ0) is 18.6. The molecule has 0 aliphatic carbocycles. The van der Waals surface area contributed by atoms with E-state index in [1.165, 1.54) is 18.9 Å². The number of rotatable bonds is 6. The van der Waals surface area contributed by atoms with Crippen molar-refractivity contribution in [2.24, 2.45) is 5.10 Å². The van der Waals surface area contributed by atoms with Crippen molar-refractivity contribution in [3.05, 3.63) is 34.1 Å². The summed E-state index contributed by atoms with van der Waals surface area (Å²) in [6.07, 6.45) is 2.55. The predicted octanol–water partition coefficient (Wildman–Crippen LogP) is 2.37. The van der Waals surface area contributed by atoms with Gasteiger partial charge in [-0.05, 0) is 47.5 Å². The summed E-state index contributed by atoms with van der Waals surface area (Å²) in [7, 11) is 2.81. The van der Waals surface area contributed by atoms with Crippen LogP contribution in [0.3, 0.4) is 0 Å². The van der Waals surface area contributed by atoms with Gasteiger partial charge in [-0.15, -0.1) is 0 Å². The smallest absolute Gasteiger partial charge is 0.346 e. The van der Waals surface area contributed by atoms with Gasteiger partial charge in [-0.2, -0.15) is 5.10 Å². The fourth-order valence-electron chi connectivity index (χ4n) is 2.04. The van der Waals surface area contributed by atoms with Crippen molar-refractivity contribution in [3.8, 4) is 11.5 Å². The average molecular weight is 411 g/mol. The molecule has 0 aliphatic rings. The fraction of sp³-hybridized carbons (Fsp3) is 0.312. The summed E-state index contributed by atoms with van der Waals surface area (Å²) in [5, 5.41) is 4.26. The third-order valence-corrected chi connectivity index (χ3v) is 3.83. The van der Waals surface area contributed by atoms with Crippen LogP contribution in [0.1, 0.15) is 18.2 Å². The molecule has 1 unspecified atom stereocenters. The molecule has 1 heterocycles. The highest BCUT2D eigenvalue weighted by atomic mass is 79.9. The Morgan fingerprint density at radius 2 is 2.16 bits per heavy atom. The van der Waals surface area contributed by atoms with Crippen molar-refractivity contribution in [2.45, 2.75) is 20.0 Å². The van der Waals surface area contributed by atoms with Crippen molar-refractivity contribution in [2.75, 3.05) is 20.0 Å². The summed E-state index contributed by atoms with van der Waals surface area (Å²) in [5.74, 6) is 0.661. The van der Waals surface area contributed by atoms with Crippen LogP contribution in [0.4, 0.5) is 5.95 Å². The largest absolute Gasteiger partial charge is 0.493 e. The number of anilines is 1. The van der Waals surface area contributed by atoms with Gasteiger partial charge in [0.2, 0.25) is 5.95 Å². The number of halogens is 1. The number of ether oxygens (including phenoxy) is 3. The lowest BCUT2D eigenvalue weighted by atomic mass is 10.2. The van der Waals surface area contributed by atoms with Gasteiger partial charge in [0, 0.05) is 0 Å². The monoisotopic (exact) mass is 410 g/mol. The first-order chi connectivity index (χ1) is 11.8. The van der Waals surface area contributed by atoms with Crippen LogP contribution >= 0.6 is 15.9 Å². The molecule has 1 aromatic carbocycles. The fourth-order valence-corrected chi connectivity index (χ4v) is 2.60. The van der Waals surface area contributed by atoms with Crippen molar-refractivity contribution in [1.82, 2.24) is 9.66 Å². The zero-order valence-electron chi connectivity index (χ0n) is 14.3. The summed E-state index contributed by atoms with van der Waals surface area (Å²) >= 11 is 3.42. The molecule has 1 aromatic heterocycles. The van der Waals surface area contributed by atoms with Crippen LogP contribution in [0.15, 0.2) is 27.9 Å².